The third kappa shape index (κ3) is 3.62. The number of aromatic nitrogens is 1. The van der Waals surface area contributed by atoms with Crippen LogP contribution in [0.2, 0.25) is 0 Å². The smallest absolute Gasteiger partial charge is 0.270 e. The molecular formula is C21H26N4O2. The number of likely N-dealkylation sites (tertiary alicyclic amines) is 1. The quantitative estimate of drug-likeness (QED) is 0.905. The lowest BCUT2D eigenvalue weighted by atomic mass is 10.1. The molecule has 2 aliphatic rings. The van der Waals surface area contributed by atoms with Gasteiger partial charge in [-0.15, -0.1) is 0 Å². The molecule has 1 N–H and O–H groups in total. The molecule has 2 saturated heterocycles. The fourth-order valence-corrected chi connectivity index (χ4v) is 4.04. The van der Waals surface area contributed by atoms with Gasteiger partial charge in [0.15, 0.2) is 0 Å². The number of benzene rings is 1. The summed E-state index contributed by atoms with van der Waals surface area (Å²) < 4.78 is 0. The molecule has 2 amide bonds. The van der Waals surface area contributed by atoms with Crippen molar-refractivity contribution in [1.29, 1.82) is 0 Å². The molecule has 0 spiro atoms. The average Bonchev–Trinajstić information content (AvgIpc) is 3.37. The highest BCUT2D eigenvalue weighted by atomic mass is 16.2. The van der Waals surface area contributed by atoms with Crippen molar-refractivity contribution >= 4 is 11.8 Å². The van der Waals surface area contributed by atoms with Crippen LogP contribution in [0.25, 0.3) is 11.3 Å². The van der Waals surface area contributed by atoms with Gasteiger partial charge in [-0.25, -0.2) is 0 Å². The van der Waals surface area contributed by atoms with Gasteiger partial charge >= 0.3 is 0 Å². The summed E-state index contributed by atoms with van der Waals surface area (Å²) in [6.07, 6.45) is 2.03. The van der Waals surface area contributed by atoms with Crippen LogP contribution in [0.5, 0.6) is 0 Å². The first kappa shape index (κ1) is 17.8. The average molecular weight is 366 g/mol. The Labute approximate surface area is 159 Å². The van der Waals surface area contributed by atoms with E-state index in [9.17, 15) is 9.59 Å². The van der Waals surface area contributed by atoms with Gasteiger partial charge in [0.25, 0.3) is 5.91 Å². The number of hydrogen-bond donors (Lipinski definition) is 1. The van der Waals surface area contributed by atoms with Crippen LogP contribution >= 0.6 is 0 Å². The van der Waals surface area contributed by atoms with E-state index >= 15 is 0 Å². The van der Waals surface area contributed by atoms with Crippen LogP contribution in [0.1, 0.15) is 23.3 Å². The van der Waals surface area contributed by atoms with E-state index in [-0.39, 0.29) is 17.9 Å². The minimum Gasteiger partial charge on any atom is -0.351 e. The number of likely N-dealkylation sites (N-methyl/N-ethyl adjacent to an activating group) is 1. The largest absolute Gasteiger partial charge is 0.351 e. The monoisotopic (exact) mass is 366 g/mol. The fraction of sp³-hybridized carbons (Fsp3) is 0.429. The van der Waals surface area contributed by atoms with Crippen LogP contribution in [-0.4, -0.2) is 77.3 Å². The minimum atomic E-state index is 0.00210. The Morgan fingerprint density at radius 1 is 0.926 bits per heavy atom. The lowest BCUT2D eigenvalue weighted by Crippen LogP contribution is -2.54. The van der Waals surface area contributed by atoms with Crippen LogP contribution in [0.15, 0.2) is 42.5 Å². The molecule has 1 unspecified atom stereocenters. The van der Waals surface area contributed by atoms with Crippen LogP contribution in [-0.2, 0) is 4.79 Å². The molecule has 2 aliphatic heterocycles. The second-order valence-electron chi connectivity index (χ2n) is 7.41. The van der Waals surface area contributed by atoms with E-state index in [1.807, 2.05) is 59.3 Å². The lowest BCUT2D eigenvalue weighted by Gasteiger charge is -2.36. The molecule has 0 saturated carbocycles. The summed E-state index contributed by atoms with van der Waals surface area (Å²) in [5.41, 5.74) is 2.61. The minimum absolute atomic E-state index is 0.00210. The highest BCUT2D eigenvalue weighted by Crippen LogP contribution is 2.20. The van der Waals surface area contributed by atoms with Gasteiger partial charge in [-0.1, -0.05) is 30.3 Å². The summed E-state index contributed by atoms with van der Waals surface area (Å²) in [6, 6.07) is 13.8. The van der Waals surface area contributed by atoms with Gasteiger partial charge in [0, 0.05) is 31.9 Å². The molecule has 2 aromatic rings. The number of amides is 2. The molecule has 6 heteroatoms. The molecular weight excluding hydrogens is 340 g/mol. The SMILES string of the molecule is CN1CCCC1C(=O)N1CCN(C(=O)c2ccc(-c3ccccc3)[nH]2)CC1. The molecule has 4 rings (SSSR count). The third-order valence-electron chi connectivity index (χ3n) is 5.69. The molecule has 2 fully saturated rings. The van der Waals surface area contributed by atoms with E-state index in [0.717, 1.165) is 30.6 Å². The number of hydrogen-bond acceptors (Lipinski definition) is 3. The van der Waals surface area contributed by atoms with Gasteiger partial charge < -0.3 is 14.8 Å². The molecule has 27 heavy (non-hydrogen) atoms. The van der Waals surface area contributed by atoms with E-state index in [4.69, 9.17) is 0 Å². The number of H-pyrrole nitrogens is 1. The van der Waals surface area contributed by atoms with Crippen LogP contribution in [0.3, 0.4) is 0 Å². The fourth-order valence-electron chi connectivity index (χ4n) is 4.04. The maximum atomic E-state index is 12.8. The number of nitrogens with zero attached hydrogens (tertiary/aromatic N) is 3. The Kier molecular flexibility index (Phi) is 4.99. The number of carbonyl (C=O) groups excluding carboxylic acids is 2. The van der Waals surface area contributed by atoms with Gasteiger partial charge in [-0.05, 0) is 44.1 Å². The first-order valence-electron chi connectivity index (χ1n) is 9.66. The Bertz CT molecular complexity index is 809. The predicted octanol–water partition coefficient (Wildman–Crippen LogP) is 2.06. The van der Waals surface area contributed by atoms with E-state index in [2.05, 4.69) is 9.88 Å². The second kappa shape index (κ2) is 7.56. The molecule has 3 heterocycles. The number of carbonyl (C=O) groups is 2. The highest BCUT2D eigenvalue weighted by Gasteiger charge is 2.33. The molecule has 1 aromatic heterocycles. The molecule has 0 aliphatic carbocycles. The van der Waals surface area contributed by atoms with Crippen molar-refractivity contribution < 1.29 is 9.59 Å². The summed E-state index contributed by atoms with van der Waals surface area (Å²) in [6.45, 7) is 3.38. The maximum Gasteiger partial charge on any atom is 0.270 e. The first-order valence-corrected chi connectivity index (χ1v) is 9.66. The summed E-state index contributed by atoms with van der Waals surface area (Å²) in [5, 5.41) is 0. The van der Waals surface area contributed by atoms with Gasteiger partial charge in [0.05, 0.1) is 6.04 Å². The van der Waals surface area contributed by atoms with Crippen molar-refractivity contribution in [1.82, 2.24) is 19.7 Å². The second-order valence-corrected chi connectivity index (χ2v) is 7.41. The van der Waals surface area contributed by atoms with E-state index in [1.54, 1.807) is 0 Å². The van der Waals surface area contributed by atoms with Gasteiger partial charge in [-0.3, -0.25) is 14.5 Å². The summed E-state index contributed by atoms with van der Waals surface area (Å²) in [4.78, 5) is 34.6. The zero-order chi connectivity index (χ0) is 18.8. The van der Waals surface area contributed by atoms with E-state index in [0.29, 0.717) is 31.9 Å². The molecule has 0 radical (unpaired) electrons. The number of rotatable bonds is 3. The molecule has 1 atom stereocenters. The zero-order valence-electron chi connectivity index (χ0n) is 15.7. The standard InChI is InChI=1S/C21H26N4O2/c1-23-11-5-8-19(23)21(27)25-14-12-24(13-15-25)20(26)18-10-9-17(22-18)16-6-3-2-4-7-16/h2-4,6-7,9-10,19,22H,5,8,11-15H2,1H3. The van der Waals surface area contributed by atoms with E-state index in [1.165, 1.54) is 0 Å². The topological polar surface area (TPSA) is 59.7 Å². The molecule has 142 valence electrons. The first-order chi connectivity index (χ1) is 13.1. The van der Waals surface area contributed by atoms with Crippen molar-refractivity contribution in [2.24, 2.45) is 0 Å². The predicted molar refractivity (Wildman–Crippen MR) is 104 cm³/mol. The Hall–Kier alpha value is -2.60. The normalized spacial score (nSPS) is 20.9. The molecule has 6 nitrogen and oxygen atoms in total. The van der Waals surface area contributed by atoms with Crippen molar-refractivity contribution in [3.63, 3.8) is 0 Å². The van der Waals surface area contributed by atoms with Crippen molar-refractivity contribution in [3.05, 3.63) is 48.2 Å². The van der Waals surface area contributed by atoms with Crippen LogP contribution in [0, 0.1) is 0 Å². The summed E-state index contributed by atoms with van der Waals surface area (Å²) in [5.74, 6) is 0.218. The summed E-state index contributed by atoms with van der Waals surface area (Å²) in [7, 11) is 2.02. The van der Waals surface area contributed by atoms with Crippen LogP contribution < -0.4 is 0 Å². The number of nitrogens with one attached hydrogen (secondary N) is 1. The maximum absolute atomic E-state index is 12.8. The number of piperazine rings is 1. The van der Waals surface area contributed by atoms with Gasteiger partial charge in [0.2, 0.25) is 5.91 Å². The Morgan fingerprint density at radius 3 is 2.30 bits per heavy atom. The van der Waals surface area contributed by atoms with Crippen molar-refractivity contribution in [2.45, 2.75) is 18.9 Å². The van der Waals surface area contributed by atoms with Crippen LogP contribution in [0.4, 0.5) is 0 Å². The zero-order valence-corrected chi connectivity index (χ0v) is 15.7. The third-order valence-corrected chi connectivity index (χ3v) is 5.69. The highest BCUT2D eigenvalue weighted by molar-refractivity contribution is 5.93. The van der Waals surface area contributed by atoms with E-state index < -0.39 is 0 Å². The van der Waals surface area contributed by atoms with Crippen molar-refractivity contribution in [3.8, 4) is 11.3 Å². The lowest BCUT2D eigenvalue weighted by molar-refractivity contribution is -0.137. The Balaban J connectivity index is 1.36. The van der Waals surface area contributed by atoms with Gasteiger partial charge in [-0.2, -0.15) is 0 Å². The van der Waals surface area contributed by atoms with Gasteiger partial charge in [0.1, 0.15) is 5.69 Å². The summed E-state index contributed by atoms with van der Waals surface area (Å²) >= 11 is 0. The van der Waals surface area contributed by atoms with Crippen molar-refractivity contribution in [2.75, 3.05) is 39.8 Å². The Morgan fingerprint density at radius 2 is 1.63 bits per heavy atom. The molecule has 1 aromatic carbocycles. The molecule has 0 bridgehead atoms. The number of aromatic amines is 1.